The first-order chi connectivity index (χ1) is 15.2. The zero-order chi connectivity index (χ0) is 21.9. The summed E-state index contributed by atoms with van der Waals surface area (Å²) >= 11 is 3.36. The SMILES string of the molecule is CCCCCCOc1ccc(N=Nc2ccc(C(=O)Oc3ccccc3Br)cc2)cc1. The fourth-order valence-electron chi connectivity index (χ4n) is 2.79. The van der Waals surface area contributed by atoms with Gasteiger partial charge in [0.1, 0.15) is 11.5 Å². The summed E-state index contributed by atoms with van der Waals surface area (Å²) in [6.07, 6.45) is 4.73. The Bertz CT molecular complexity index is 1000. The van der Waals surface area contributed by atoms with Gasteiger partial charge in [-0.15, -0.1) is 0 Å². The Morgan fingerprint density at radius 2 is 1.48 bits per heavy atom. The van der Waals surface area contributed by atoms with Crippen molar-refractivity contribution in [1.82, 2.24) is 0 Å². The lowest BCUT2D eigenvalue weighted by Crippen LogP contribution is -2.08. The van der Waals surface area contributed by atoms with Gasteiger partial charge in [0.15, 0.2) is 0 Å². The van der Waals surface area contributed by atoms with E-state index in [1.165, 1.54) is 19.3 Å². The molecule has 0 aliphatic carbocycles. The van der Waals surface area contributed by atoms with Crippen molar-refractivity contribution in [2.24, 2.45) is 10.2 Å². The second-order valence-electron chi connectivity index (χ2n) is 6.97. The highest BCUT2D eigenvalue weighted by molar-refractivity contribution is 9.10. The molecule has 160 valence electrons. The van der Waals surface area contributed by atoms with Crippen LogP contribution in [0.15, 0.2) is 87.5 Å². The van der Waals surface area contributed by atoms with Crippen LogP contribution in [0.1, 0.15) is 43.0 Å². The third kappa shape index (κ3) is 7.33. The Morgan fingerprint density at radius 1 is 0.839 bits per heavy atom. The predicted molar refractivity (Wildman–Crippen MR) is 126 cm³/mol. The van der Waals surface area contributed by atoms with Gasteiger partial charge >= 0.3 is 5.97 Å². The molecule has 3 aromatic carbocycles. The van der Waals surface area contributed by atoms with E-state index in [1.54, 1.807) is 30.3 Å². The minimum atomic E-state index is -0.430. The minimum Gasteiger partial charge on any atom is -0.494 e. The number of para-hydroxylation sites is 1. The molecule has 3 rings (SSSR count). The first kappa shape index (κ1) is 22.7. The van der Waals surface area contributed by atoms with Crippen LogP contribution in [0, 0.1) is 0 Å². The van der Waals surface area contributed by atoms with Crippen molar-refractivity contribution in [2.45, 2.75) is 32.6 Å². The second-order valence-corrected chi connectivity index (χ2v) is 7.82. The van der Waals surface area contributed by atoms with Crippen molar-refractivity contribution in [2.75, 3.05) is 6.61 Å². The Morgan fingerprint density at radius 3 is 2.13 bits per heavy atom. The van der Waals surface area contributed by atoms with Gasteiger partial charge in [-0.2, -0.15) is 10.2 Å². The van der Waals surface area contributed by atoms with Crippen LogP contribution in [0.2, 0.25) is 0 Å². The van der Waals surface area contributed by atoms with Crippen LogP contribution in [0.25, 0.3) is 0 Å². The fraction of sp³-hybridized carbons (Fsp3) is 0.240. The standard InChI is InChI=1S/C25H25BrN2O3/c1-2-3-4-7-18-30-22-16-14-21(15-17-22)28-27-20-12-10-19(11-13-20)25(29)31-24-9-6-5-8-23(24)26/h5-6,8-17H,2-4,7,18H2,1H3. The Hall–Kier alpha value is -2.99. The van der Waals surface area contributed by atoms with E-state index in [0.717, 1.165) is 28.9 Å². The highest BCUT2D eigenvalue weighted by atomic mass is 79.9. The topological polar surface area (TPSA) is 60.2 Å². The molecule has 0 spiro atoms. The van der Waals surface area contributed by atoms with Crippen LogP contribution in [0.5, 0.6) is 11.5 Å². The van der Waals surface area contributed by atoms with E-state index < -0.39 is 5.97 Å². The van der Waals surface area contributed by atoms with Crippen LogP contribution in [0.4, 0.5) is 11.4 Å². The molecule has 0 saturated heterocycles. The molecule has 0 aliphatic heterocycles. The number of nitrogens with zero attached hydrogens (tertiary/aromatic N) is 2. The lowest BCUT2D eigenvalue weighted by atomic mass is 10.2. The van der Waals surface area contributed by atoms with E-state index in [0.29, 0.717) is 17.0 Å². The average molecular weight is 481 g/mol. The zero-order valence-corrected chi connectivity index (χ0v) is 19.0. The van der Waals surface area contributed by atoms with Crippen molar-refractivity contribution >= 4 is 33.3 Å². The quantitative estimate of drug-likeness (QED) is 0.127. The van der Waals surface area contributed by atoms with E-state index in [2.05, 4.69) is 33.1 Å². The lowest BCUT2D eigenvalue weighted by Gasteiger charge is -2.06. The van der Waals surface area contributed by atoms with E-state index in [-0.39, 0.29) is 0 Å². The van der Waals surface area contributed by atoms with Crippen LogP contribution in [-0.4, -0.2) is 12.6 Å². The number of unbranched alkanes of at least 4 members (excludes halogenated alkanes) is 3. The molecule has 0 unspecified atom stereocenters. The first-order valence-corrected chi connectivity index (χ1v) is 11.2. The molecular weight excluding hydrogens is 456 g/mol. The first-order valence-electron chi connectivity index (χ1n) is 10.4. The van der Waals surface area contributed by atoms with Crippen molar-refractivity contribution < 1.29 is 14.3 Å². The van der Waals surface area contributed by atoms with Gasteiger partial charge in [-0.3, -0.25) is 0 Å². The number of azo groups is 1. The monoisotopic (exact) mass is 480 g/mol. The van der Waals surface area contributed by atoms with Crippen LogP contribution in [0.3, 0.4) is 0 Å². The maximum Gasteiger partial charge on any atom is 0.343 e. The maximum atomic E-state index is 12.3. The molecule has 0 amide bonds. The molecule has 0 aliphatic rings. The summed E-state index contributed by atoms with van der Waals surface area (Å²) in [6.45, 7) is 2.93. The number of rotatable bonds is 10. The van der Waals surface area contributed by atoms with Gasteiger partial charge in [-0.05, 0) is 83.0 Å². The zero-order valence-electron chi connectivity index (χ0n) is 17.5. The van der Waals surface area contributed by atoms with E-state index >= 15 is 0 Å². The van der Waals surface area contributed by atoms with Gasteiger partial charge < -0.3 is 9.47 Å². The summed E-state index contributed by atoms with van der Waals surface area (Å²) in [7, 11) is 0. The van der Waals surface area contributed by atoms with Crippen LogP contribution in [-0.2, 0) is 0 Å². The van der Waals surface area contributed by atoms with Crippen molar-refractivity contribution in [1.29, 1.82) is 0 Å². The van der Waals surface area contributed by atoms with Gasteiger partial charge in [-0.25, -0.2) is 4.79 Å². The van der Waals surface area contributed by atoms with Crippen LogP contribution < -0.4 is 9.47 Å². The van der Waals surface area contributed by atoms with Gasteiger partial charge in [0.25, 0.3) is 0 Å². The summed E-state index contributed by atoms with van der Waals surface area (Å²) in [5.41, 5.74) is 1.82. The number of halogens is 1. The van der Waals surface area contributed by atoms with Crippen molar-refractivity contribution in [3.63, 3.8) is 0 Å². The number of carbonyl (C=O) groups is 1. The van der Waals surface area contributed by atoms with E-state index in [4.69, 9.17) is 9.47 Å². The number of hydrogen-bond acceptors (Lipinski definition) is 5. The van der Waals surface area contributed by atoms with Gasteiger partial charge in [0, 0.05) is 0 Å². The lowest BCUT2D eigenvalue weighted by molar-refractivity contribution is 0.0733. The third-order valence-electron chi connectivity index (χ3n) is 4.53. The molecule has 0 atom stereocenters. The Labute approximate surface area is 191 Å². The summed E-state index contributed by atoms with van der Waals surface area (Å²) in [5.74, 6) is 0.883. The molecule has 0 radical (unpaired) electrons. The molecule has 0 saturated carbocycles. The average Bonchev–Trinajstić information content (AvgIpc) is 2.80. The number of carbonyl (C=O) groups excluding carboxylic acids is 1. The molecule has 0 fully saturated rings. The predicted octanol–water partition coefficient (Wildman–Crippen LogP) is 8.04. The molecule has 6 heteroatoms. The maximum absolute atomic E-state index is 12.3. The number of hydrogen-bond donors (Lipinski definition) is 0. The van der Waals surface area contributed by atoms with Gasteiger partial charge in [-0.1, -0.05) is 38.3 Å². The summed E-state index contributed by atoms with van der Waals surface area (Å²) < 4.78 is 11.9. The van der Waals surface area contributed by atoms with E-state index in [1.807, 2.05) is 42.5 Å². The summed E-state index contributed by atoms with van der Waals surface area (Å²) in [5, 5.41) is 8.46. The minimum absolute atomic E-state index is 0.430. The highest BCUT2D eigenvalue weighted by Crippen LogP contribution is 2.25. The number of ether oxygens (including phenoxy) is 2. The third-order valence-corrected chi connectivity index (χ3v) is 5.18. The van der Waals surface area contributed by atoms with Gasteiger partial charge in [0.05, 0.1) is 28.0 Å². The van der Waals surface area contributed by atoms with Crippen LogP contribution >= 0.6 is 15.9 Å². The Kier molecular flexibility index (Phi) is 8.79. The molecular formula is C25H25BrN2O3. The van der Waals surface area contributed by atoms with E-state index in [9.17, 15) is 4.79 Å². The molecule has 0 N–H and O–H groups in total. The fourth-order valence-corrected chi connectivity index (χ4v) is 3.16. The second kappa shape index (κ2) is 12.0. The van der Waals surface area contributed by atoms with Crippen molar-refractivity contribution in [3.8, 4) is 11.5 Å². The molecule has 31 heavy (non-hydrogen) atoms. The normalized spacial score (nSPS) is 10.9. The molecule has 0 bridgehead atoms. The van der Waals surface area contributed by atoms with Gasteiger partial charge in [0.2, 0.25) is 0 Å². The smallest absolute Gasteiger partial charge is 0.343 e. The molecule has 3 aromatic rings. The number of esters is 1. The highest BCUT2D eigenvalue weighted by Gasteiger charge is 2.10. The Balaban J connectivity index is 1.52. The van der Waals surface area contributed by atoms with Crippen molar-refractivity contribution in [3.05, 3.63) is 82.8 Å². The summed E-state index contributed by atoms with van der Waals surface area (Å²) in [4.78, 5) is 12.3. The molecule has 5 nitrogen and oxygen atoms in total. The molecule has 0 heterocycles. The summed E-state index contributed by atoms with van der Waals surface area (Å²) in [6, 6.07) is 21.5. The number of benzene rings is 3. The largest absolute Gasteiger partial charge is 0.494 e. The molecule has 0 aromatic heterocycles.